The Balaban J connectivity index is 1.84. The maximum atomic E-state index is 15.4. The summed E-state index contributed by atoms with van der Waals surface area (Å²) in [5.74, 6) is -2.19. The van der Waals surface area contributed by atoms with Gasteiger partial charge in [-0.3, -0.25) is 19.5 Å². The molecular weight excluding hydrogens is 547 g/mol. The fraction of sp³-hybridized carbons (Fsp3) is 0.346. The normalized spacial score (nSPS) is 18.6. The standard InChI is InChI=1S/C26H24F7N5O2/c1-13-11-38(12-14(2)37(13)3)22-7-20(27)17(15-4-16(9-34-8-15)25(28,29)30)5-21(22)36-24(40)18-10-35-23(39)6-19(18)26(31,32)33/h4-10,13-14H,11-12H2,1-3H3,(H,35,39)(H,36,40)/t13-,14+. The predicted molar refractivity (Wildman–Crippen MR) is 134 cm³/mol. The second kappa shape index (κ2) is 10.6. The van der Waals surface area contributed by atoms with E-state index in [0.29, 0.717) is 31.5 Å². The number of aromatic amines is 1. The summed E-state index contributed by atoms with van der Waals surface area (Å²) in [5, 5.41) is 2.35. The molecule has 0 radical (unpaired) electrons. The molecule has 214 valence electrons. The lowest BCUT2D eigenvalue weighted by atomic mass is 10.0. The molecule has 1 fully saturated rings. The second-order valence-electron chi connectivity index (χ2n) is 9.65. The molecule has 2 aromatic heterocycles. The quantitative estimate of drug-likeness (QED) is 0.411. The Morgan fingerprint density at radius 1 is 1.00 bits per heavy atom. The van der Waals surface area contributed by atoms with Crippen molar-refractivity contribution in [3.8, 4) is 11.1 Å². The number of hydrogen-bond donors (Lipinski definition) is 2. The first-order valence-electron chi connectivity index (χ1n) is 12.0. The molecule has 14 heteroatoms. The number of rotatable bonds is 4. The Kier molecular flexibility index (Phi) is 7.67. The molecule has 1 aliphatic heterocycles. The van der Waals surface area contributed by atoms with E-state index in [1.807, 2.05) is 25.9 Å². The zero-order valence-electron chi connectivity index (χ0n) is 21.4. The highest BCUT2D eigenvalue weighted by Gasteiger charge is 2.37. The van der Waals surface area contributed by atoms with Gasteiger partial charge in [-0.05, 0) is 39.1 Å². The summed E-state index contributed by atoms with van der Waals surface area (Å²) in [4.78, 5) is 34.0. The van der Waals surface area contributed by atoms with Crippen LogP contribution in [0.1, 0.15) is 35.3 Å². The molecule has 1 aromatic carbocycles. The van der Waals surface area contributed by atoms with Crippen LogP contribution in [0.4, 0.5) is 42.1 Å². The number of alkyl halides is 6. The summed E-state index contributed by atoms with van der Waals surface area (Å²) in [6, 6.07) is 2.95. The number of nitrogens with zero attached hydrogens (tertiary/aromatic N) is 3. The number of benzene rings is 1. The number of halogens is 7. The topological polar surface area (TPSA) is 81.3 Å². The molecule has 0 unspecified atom stereocenters. The number of amides is 1. The van der Waals surface area contributed by atoms with Crippen molar-refractivity contribution in [1.82, 2.24) is 14.9 Å². The van der Waals surface area contributed by atoms with Crippen LogP contribution in [0, 0.1) is 5.82 Å². The van der Waals surface area contributed by atoms with Gasteiger partial charge in [-0.2, -0.15) is 26.3 Å². The minimum Gasteiger partial charge on any atom is -0.367 e. The Hall–Kier alpha value is -3.94. The van der Waals surface area contributed by atoms with Crippen molar-refractivity contribution in [2.24, 2.45) is 0 Å². The average molecular weight is 571 g/mol. The summed E-state index contributed by atoms with van der Waals surface area (Å²) in [5.41, 5.74) is -5.22. The maximum absolute atomic E-state index is 15.4. The van der Waals surface area contributed by atoms with Gasteiger partial charge in [-0.15, -0.1) is 0 Å². The number of anilines is 2. The van der Waals surface area contributed by atoms with Crippen molar-refractivity contribution < 1.29 is 35.5 Å². The summed E-state index contributed by atoms with van der Waals surface area (Å²) < 4.78 is 96.1. The van der Waals surface area contributed by atoms with Crippen molar-refractivity contribution >= 4 is 17.3 Å². The van der Waals surface area contributed by atoms with Gasteiger partial charge in [0.2, 0.25) is 5.56 Å². The fourth-order valence-electron chi connectivity index (χ4n) is 4.57. The highest BCUT2D eigenvalue weighted by atomic mass is 19.4. The number of likely N-dealkylation sites (N-methyl/N-ethyl adjacent to an activating group) is 1. The molecule has 1 aliphatic rings. The number of H-pyrrole nitrogens is 1. The number of piperazine rings is 1. The smallest absolute Gasteiger partial charge is 0.367 e. The van der Waals surface area contributed by atoms with Gasteiger partial charge in [0.15, 0.2) is 0 Å². The molecule has 2 atom stereocenters. The summed E-state index contributed by atoms with van der Waals surface area (Å²) in [6.07, 6.45) is -7.62. The van der Waals surface area contributed by atoms with Gasteiger partial charge < -0.3 is 15.2 Å². The summed E-state index contributed by atoms with van der Waals surface area (Å²) in [6.45, 7) is 4.55. The SMILES string of the molecule is C[C@@H]1CN(c2cc(F)c(-c3cncc(C(F)(F)F)c3)cc2NC(=O)c2c[nH]c(=O)cc2C(F)(F)F)C[C@H](C)N1C. The van der Waals surface area contributed by atoms with Gasteiger partial charge in [-0.1, -0.05) is 0 Å². The van der Waals surface area contributed by atoms with Gasteiger partial charge in [0, 0.05) is 61.0 Å². The van der Waals surface area contributed by atoms with E-state index in [2.05, 4.69) is 15.2 Å². The van der Waals surface area contributed by atoms with E-state index in [9.17, 15) is 35.9 Å². The first-order valence-corrected chi connectivity index (χ1v) is 12.0. The van der Waals surface area contributed by atoms with Crippen molar-refractivity contribution in [3.05, 3.63) is 75.7 Å². The lowest BCUT2D eigenvalue weighted by Gasteiger charge is -2.44. The Morgan fingerprint density at radius 3 is 2.25 bits per heavy atom. The number of carbonyl (C=O) groups is 1. The van der Waals surface area contributed by atoms with Gasteiger partial charge in [0.1, 0.15) is 5.82 Å². The average Bonchev–Trinajstić information content (AvgIpc) is 2.86. The lowest BCUT2D eigenvalue weighted by molar-refractivity contribution is -0.138. The van der Waals surface area contributed by atoms with Crippen LogP contribution < -0.4 is 15.8 Å². The monoisotopic (exact) mass is 571 g/mol. The number of hydrogen-bond acceptors (Lipinski definition) is 5. The van der Waals surface area contributed by atoms with Crippen molar-refractivity contribution in [3.63, 3.8) is 0 Å². The van der Waals surface area contributed by atoms with Gasteiger partial charge in [0.05, 0.1) is 28.1 Å². The molecule has 0 aliphatic carbocycles. The van der Waals surface area contributed by atoms with Crippen molar-refractivity contribution in [2.75, 3.05) is 30.4 Å². The van der Waals surface area contributed by atoms with E-state index >= 15 is 4.39 Å². The van der Waals surface area contributed by atoms with E-state index < -0.39 is 46.3 Å². The van der Waals surface area contributed by atoms with Crippen LogP contribution in [0.25, 0.3) is 11.1 Å². The molecule has 0 bridgehead atoms. The molecule has 0 saturated carbocycles. The first-order chi connectivity index (χ1) is 18.6. The van der Waals surface area contributed by atoms with Gasteiger partial charge in [-0.25, -0.2) is 4.39 Å². The van der Waals surface area contributed by atoms with E-state index in [4.69, 9.17) is 0 Å². The van der Waals surface area contributed by atoms with Crippen molar-refractivity contribution in [1.29, 1.82) is 0 Å². The summed E-state index contributed by atoms with van der Waals surface area (Å²) >= 11 is 0. The Morgan fingerprint density at radius 2 is 1.65 bits per heavy atom. The van der Waals surface area contributed by atoms with E-state index in [-0.39, 0.29) is 40.7 Å². The molecule has 1 saturated heterocycles. The second-order valence-corrected chi connectivity index (χ2v) is 9.65. The largest absolute Gasteiger partial charge is 0.417 e. The van der Waals surface area contributed by atoms with Crippen LogP contribution in [0.2, 0.25) is 0 Å². The van der Waals surface area contributed by atoms with Crippen LogP contribution in [0.15, 0.2) is 47.7 Å². The van der Waals surface area contributed by atoms with Crippen LogP contribution in [0.5, 0.6) is 0 Å². The molecule has 3 aromatic rings. The van der Waals surface area contributed by atoms with Crippen molar-refractivity contribution in [2.45, 2.75) is 38.3 Å². The fourth-order valence-corrected chi connectivity index (χ4v) is 4.57. The molecular formula is C26H24F7N5O2. The highest BCUT2D eigenvalue weighted by Crippen LogP contribution is 2.38. The minimum absolute atomic E-state index is 0.0289. The van der Waals surface area contributed by atoms with E-state index in [1.165, 1.54) is 0 Å². The first kappa shape index (κ1) is 29.1. The van der Waals surface area contributed by atoms with Crippen LogP contribution in [-0.4, -0.2) is 53.0 Å². The van der Waals surface area contributed by atoms with E-state index in [1.54, 1.807) is 4.90 Å². The number of nitrogens with one attached hydrogen (secondary N) is 2. The van der Waals surface area contributed by atoms with Gasteiger partial charge in [0.25, 0.3) is 5.91 Å². The zero-order chi connectivity index (χ0) is 29.6. The third kappa shape index (κ3) is 5.96. The molecule has 7 nitrogen and oxygen atoms in total. The maximum Gasteiger partial charge on any atom is 0.417 e. The Bertz CT molecular complexity index is 1470. The van der Waals surface area contributed by atoms with Crippen LogP contribution in [-0.2, 0) is 12.4 Å². The van der Waals surface area contributed by atoms with Crippen LogP contribution in [0.3, 0.4) is 0 Å². The van der Waals surface area contributed by atoms with E-state index in [0.717, 1.165) is 18.3 Å². The highest BCUT2D eigenvalue weighted by molar-refractivity contribution is 6.07. The molecule has 4 rings (SSSR count). The summed E-state index contributed by atoms with van der Waals surface area (Å²) in [7, 11) is 1.90. The zero-order valence-corrected chi connectivity index (χ0v) is 21.4. The molecule has 40 heavy (non-hydrogen) atoms. The minimum atomic E-state index is -5.04. The number of aromatic nitrogens is 2. The van der Waals surface area contributed by atoms with Crippen LogP contribution >= 0.6 is 0 Å². The number of carbonyl (C=O) groups excluding carboxylic acids is 1. The Labute approximate surface area is 223 Å². The van der Waals surface area contributed by atoms with Gasteiger partial charge >= 0.3 is 12.4 Å². The number of pyridine rings is 2. The molecule has 0 spiro atoms. The predicted octanol–water partition coefficient (Wildman–Crippen LogP) is 5.39. The molecule has 2 N–H and O–H groups in total. The third-order valence-corrected chi connectivity index (χ3v) is 6.88. The molecule has 3 heterocycles. The lowest BCUT2D eigenvalue weighted by Crippen LogP contribution is -2.55. The third-order valence-electron chi connectivity index (χ3n) is 6.88. The molecule has 1 amide bonds.